The van der Waals surface area contributed by atoms with Gasteiger partial charge in [-0.15, -0.1) is 0 Å². The van der Waals surface area contributed by atoms with Crippen LogP contribution in [0.15, 0.2) is 59.3 Å². The maximum absolute atomic E-state index is 13.0. The van der Waals surface area contributed by atoms with Gasteiger partial charge in [0.1, 0.15) is 17.6 Å². The van der Waals surface area contributed by atoms with Crippen molar-refractivity contribution in [1.82, 2.24) is 14.7 Å². The number of fused-ring (bicyclic) bond motifs is 1. The third-order valence-electron chi connectivity index (χ3n) is 6.40. The lowest BCUT2D eigenvalue weighted by atomic mass is 10.2. The first-order valence-corrected chi connectivity index (χ1v) is 15.1. The molecular formula is C30H29BrCl2N6O6. The minimum Gasteiger partial charge on any atom is -0.485 e. The number of carbonyl (C=O) groups is 4. The lowest BCUT2D eigenvalue weighted by Crippen LogP contribution is -2.40. The Morgan fingerprint density at radius 2 is 1.78 bits per heavy atom. The molecule has 4 aromatic rings. The van der Waals surface area contributed by atoms with Gasteiger partial charge in [0.05, 0.1) is 29.6 Å². The predicted molar refractivity (Wildman–Crippen MR) is 175 cm³/mol. The molecule has 0 saturated carbocycles. The van der Waals surface area contributed by atoms with Gasteiger partial charge < -0.3 is 30.3 Å². The number of imidazole rings is 1. The van der Waals surface area contributed by atoms with E-state index in [4.69, 9.17) is 32.7 Å². The predicted octanol–water partition coefficient (Wildman–Crippen LogP) is 5.97. The quantitative estimate of drug-likeness (QED) is 0.128. The molecule has 0 unspecified atom stereocenters. The molecule has 15 heteroatoms. The zero-order valence-electron chi connectivity index (χ0n) is 24.4. The Hall–Kier alpha value is -4.33. The highest BCUT2D eigenvalue weighted by molar-refractivity contribution is 9.10. The Labute approximate surface area is 277 Å². The first-order valence-electron chi connectivity index (χ1n) is 13.6. The molecule has 12 nitrogen and oxygen atoms in total. The number of benzene rings is 2. The molecule has 236 valence electrons. The van der Waals surface area contributed by atoms with E-state index in [1.807, 2.05) is 23.6 Å². The molecular weight excluding hydrogens is 691 g/mol. The summed E-state index contributed by atoms with van der Waals surface area (Å²) in [6.45, 7) is 3.36. The summed E-state index contributed by atoms with van der Waals surface area (Å²) in [4.78, 5) is 54.9. The van der Waals surface area contributed by atoms with Crippen LogP contribution in [0.4, 0.5) is 21.9 Å². The number of hydrogen-bond donors (Lipinski definition) is 3. The van der Waals surface area contributed by atoms with Gasteiger partial charge >= 0.3 is 12.0 Å². The van der Waals surface area contributed by atoms with Crippen molar-refractivity contribution in [3.63, 3.8) is 0 Å². The number of esters is 1. The smallest absolute Gasteiger partial charge is 0.319 e. The SMILES string of the molecule is CCOC(=O)CC(=O)Nc1cccc(NC(=O)NCC(=O)N(C)c2ccc(Cl)c(COc3cccn4c(Br)c(C)nc34)c2Cl)c1. The van der Waals surface area contributed by atoms with E-state index < -0.39 is 30.2 Å². The molecule has 0 aliphatic carbocycles. The number of carbonyl (C=O) groups excluding carboxylic acids is 4. The Bertz CT molecular complexity index is 1760. The van der Waals surface area contributed by atoms with Crippen molar-refractivity contribution in [2.45, 2.75) is 26.9 Å². The van der Waals surface area contributed by atoms with Crippen molar-refractivity contribution in [3.8, 4) is 5.75 Å². The number of nitrogens with zero attached hydrogens (tertiary/aromatic N) is 3. The van der Waals surface area contributed by atoms with Gasteiger partial charge in [-0.25, -0.2) is 9.78 Å². The van der Waals surface area contributed by atoms with Crippen molar-refractivity contribution in [2.75, 3.05) is 35.7 Å². The van der Waals surface area contributed by atoms with E-state index >= 15 is 0 Å². The van der Waals surface area contributed by atoms with E-state index in [9.17, 15) is 19.2 Å². The standard InChI is InChI=1S/C30H29BrCl2N6O6/c1-4-44-26(42)14-24(40)36-18-7-5-8-19(13-18)37-30(43)34-15-25(41)38(3)22-11-10-21(32)20(27(22)33)16-45-23-9-6-12-39-28(31)17(2)35-29(23)39/h5-13H,4,14-16H2,1-3H3,(H,36,40)(H2,34,37,43). The summed E-state index contributed by atoms with van der Waals surface area (Å²) in [5.41, 5.74) is 2.97. The summed E-state index contributed by atoms with van der Waals surface area (Å²) in [5.74, 6) is -1.13. The van der Waals surface area contributed by atoms with Gasteiger partial charge in [-0.2, -0.15) is 0 Å². The van der Waals surface area contributed by atoms with Gasteiger partial charge in [0, 0.05) is 35.2 Å². The molecule has 2 aromatic heterocycles. The topological polar surface area (TPSA) is 143 Å². The number of hydrogen-bond acceptors (Lipinski definition) is 7. The summed E-state index contributed by atoms with van der Waals surface area (Å²) in [7, 11) is 1.52. The van der Waals surface area contributed by atoms with Crippen LogP contribution in [0.2, 0.25) is 10.0 Å². The maximum Gasteiger partial charge on any atom is 0.319 e. The summed E-state index contributed by atoms with van der Waals surface area (Å²) < 4.78 is 13.5. The third-order valence-corrected chi connectivity index (χ3v) is 8.13. The number of amides is 4. The van der Waals surface area contributed by atoms with Crippen LogP contribution in [0.1, 0.15) is 24.6 Å². The Kier molecular flexibility index (Phi) is 11.3. The number of anilines is 3. The molecule has 0 aliphatic heterocycles. The van der Waals surface area contributed by atoms with Crippen LogP contribution in [0.3, 0.4) is 0 Å². The number of rotatable bonds is 11. The average Bonchev–Trinajstić information content (AvgIpc) is 3.29. The molecule has 0 atom stereocenters. The number of ether oxygens (including phenoxy) is 2. The van der Waals surface area contributed by atoms with Gasteiger partial charge in [0.15, 0.2) is 11.4 Å². The monoisotopic (exact) mass is 718 g/mol. The van der Waals surface area contributed by atoms with Gasteiger partial charge in [-0.1, -0.05) is 29.3 Å². The van der Waals surface area contributed by atoms with Crippen LogP contribution in [-0.4, -0.2) is 53.4 Å². The van der Waals surface area contributed by atoms with Crippen LogP contribution in [0.25, 0.3) is 5.65 Å². The molecule has 4 rings (SSSR count). The van der Waals surface area contributed by atoms with Crippen molar-refractivity contribution < 1.29 is 28.7 Å². The van der Waals surface area contributed by atoms with Crippen LogP contribution < -0.4 is 25.6 Å². The van der Waals surface area contributed by atoms with Gasteiger partial charge in [0.2, 0.25) is 11.8 Å². The first-order chi connectivity index (χ1) is 21.5. The second-order valence-corrected chi connectivity index (χ2v) is 11.1. The highest BCUT2D eigenvalue weighted by Gasteiger charge is 2.20. The molecule has 0 spiro atoms. The number of likely N-dealkylation sites (N-methyl/N-ethyl adjacent to an activating group) is 1. The van der Waals surface area contributed by atoms with Crippen LogP contribution in [0, 0.1) is 6.92 Å². The minimum absolute atomic E-state index is 0.0136. The first kappa shape index (κ1) is 33.6. The van der Waals surface area contributed by atoms with E-state index in [2.05, 4.69) is 36.9 Å². The number of halogens is 3. The molecule has 0 saturated heterocycles. The Morgan fingerprint density at radius 3 is 2.51 bits per heavy atom. The minimum atomic E-state index is -0.655. The van der Waals surface area contributed by atoms with Crippen LogP contribution >= 0.6 is 39.1 Å². The fourth-order valence-corrected chi connectivity index (χ4v) is 5.15. The summed E-state index contributed by atoms with van der Waals surface area (Å²) in [6.07, 6.45) is 1.42. The number of pyridine rings is 1. The second kappa shape index (κ2) is 15.1. The third kappa shape index (κ3) is 8.44. The molecule has 3 N–H and O–H groups in total. The molecule has 2 heterocycles. The van der Waals surface area contributed by atoms with Crippen molar-refractivity contribution in [2.24, 2.45) is 0 Å². The summed E-state index contributed by atoms with van der Waals surface area (Å²) in [5, 5.41) is 8.23. The fourth-order valence-electron chi connectivity index (χ4n) is 4.17. The number of aromatic nitrogens is 2. The molecule has 0 radical (unpaired) electrons. The largest absolute Gasteiger partial charge is 0.485 e. The van der Waals surface area contributed by atoms with E-state index in [1.54, 1.807) is 43.3 Å². The van der Waals surface area contributed by atoms with E-state index in [-0.39, 0.29) is 24.8 Å². The van der Waals surface area contributed by atoms with Crippen LogP contribution in [0.5, 0.6) is 5.75 Å². The Balaban J connectivity index is 1.35. The number of nitrogens with one attached hydrogen (secondary N) is 3. The number of aryl methyl sites for hydroxylation is 1. The lowest BCUT2D eigenvalue weighted by molar-refractivity contribution is -0.145. The zero-order chi connectivity index (χ0) is 32.7. The lowest BCUT2D eigenvalue weighted by Gasteiger charge is -2.21. The normalized spacial score (nSPS) is 10.7. The summed E-state index contributed by atoms with van der Waals surface area (Å²) in [6, 6.07) is 12.5. The highest BCUT2D eigenvalue weighted by Crippen LogP contribution is 2.35. The van der Waals surface area contributed by atoms with E-state index in [1.165, 1.54) is 18.0 Å². The maximum atomic E-state index is 13.0. The molecule has 0 bridgehead atoms. The zero-order valence-corrected chi connectivity index (χ0v) is 27.5. The van der Waals surface area contributed by atoms with Crippen molar-refractivity contribution in [1.29, 1.82) is 0 Å². The van der Waals surface area contributed by atoms with E-state index in [0.717, 1.165) is 10.3 Å². The highest BCUT2D eigenvalue weighted by atomic mass is 79.9. The van der Waals surface area contributed by atoms with Gasteiger partial charge in [-0.05, 0) is 72.2 Å². The molecule has 0 fully saturated rings. The van der Waals surface area contributed by atoms with Gasteiger partial charge in [-0.3, -0.25) is 18.8 Å². The van der Waals surface area contributed by atoms with E-state index in [0.29, 0.717) is 39.0 Å². The molecule has 4 amide bonds. The second-order valence-electron chi connectivity index (χ2n) is 9.57. The molecule has 0 aliphatic rings. The number of urea groups is 1. The van der Waals surface area contributed by atoms with Crippen LogP contribution in [-0.2, 0) is 25.7 Å². The average molecular weight is 720 g/mol. The fraction of sp³-hybridized carbons (Fsp3) is 0.233. The summed E-state index contributed by atoms with van der Waals surface area (Å²) >= 11 is 16.6. The van der Waals surface area contributed by atoms with Crippen molar-refractivity contribution in [3.05, 3.63) is 80.6 Å². The van der Waals surface area contributed by atoms with Gasteiger partial charge in [0.25, 0.3) is 0 Å². The van der Waals surface area contributed by atoms with Crippen molar-refractivity contribution >= 4 is 85.7 Å². The molecule has 45 heavy (non-hydrogen) atoms. The molecule has 2 aromatic carbocycles. The Morgan fingerprint density at radius 1 is 1.04 bits per heavy atom.